The van der Waals surface area contributed by atoms with Crippen LogP contribution >= 0.6 is 0 Å². The van der Waals surface area contributed by atoms with Gasteiger partial charge in [-0.15, -0.1) is 0 Å². The number of sulfonamides is 1. The van der Waals surface area contributed by atoms with Crippen LogP contribution in [0.1, 0.15) is 11.1 Å². The highest BCUT2D eigenvalue weighted by Gasteiger charge is 2.14. The van der Waals surface area contributed by atoms with Gasteiger partial charge in [-0.1, -0.05) is 6.07 Å². The van der Waals surface area contributed by atoms with Crippen LogP contribution in [0.3, 0.4) is 0 Å². The topological polar surface area (TPSA) is 71.1 Å². The molecule has 1 aromatic heterocycles. The van der Waals surface area contributed by atoms with Crippen molar-refractivity contribution in [3.63, 3.8) is 0 Å². The largest absolute Gasteiger partial charge is 0.373 e. The molecule has 0 radical (unpaired) electrons. The van der Waals surface area contributed by atoms with E-state index in [-0.39, 0.29) is 4.90 Å². The Balaban J connectivity index is 2.30. The van der Waals surface area contributed by atoms with Gasteiger partial charge in [0.2, 0.25) is 0 Å². The van der Waals surface area contributed by atoms with Gasteiger partial charge in [-0.3, -0.25) is 4.72 Å². The Morgan fingerprint density at radius 1 is 1.05 bits per heavy atom. The van der Waals surface area contributed by atoms with Gasteiger partial charge in [0.05, 0.1) is 0 Å². The van der Waals surface area contributed by atoms with E-state index < -0.39 is 10.0 Å². The summed E-state index contributed by atoms with van der Waals surface area (Å²) in [6.07, 6.45) is 1.33. The SMILES string of the molecule is CNc1ccc(S(=O)(=O)Nc2cc(C)cc(C)c2)cn1. The van der Waals surface area contributed by atoms with Gasteiger partial charge in [0.15, 0.2) is 0 Å². The van der Waals surface area contributed by atoms with Crippen LogP contribution in [0, 0.1) is 13.8 Å². The maximum atomic E-state index is 12.3. The molecule has 106 valence electrons. The first-order chi connectivity index (χ1) is 9.40. The normalized spacial score (nSPS) is 11.2. The Hall–Kier alpha value is -2.08. The minimum Gasteiger partial charge on any atom is -0.373 e. The van der Waals surface area contributed by atoms with E-state index in [1.54, 1.807) is 25.2 Å². The van der Waals surface area contributed by atoms with Crippen molar-refractivity contribution in [2.75, 3.05) is 17.1 Å². The molecule has 0 aliphatic rings. The molecule has 2 rings (SSSR count). The van der Waals surface area contributed by atoms with Crippen molar-refractivity contribution in [2.45, 2.75) is 18.7 Å². The number of rotatable bonds is 4. The summed E-state index contributed by atoms with van der Waals surface area (Å²) in [7, 11) is -1.89. The molecule has 1 heterocycles. The molecule has 0 saturated heterocycles. The summed E-state index contributed by atoms with van der Waals surface area (Å²) in [5.41, 5.74) is 2.57. The highest BCUT2D eigenvalue weighted by molar-refractivity contribution is 7.92. The number of aryl methyl sites for hydroxylation is 2. The van der Waals surface area contributed by atoms with E-state index >= 15 is 0 Å². The number of nitrogens with zero attached hydrogens (tertiary/aromatic N) is 1. The lowest BCUT2D eigenvalue weighted by atomic mass is 10.1. The van der Waals surface area contributed by atoms with Crippen molar-refractivity contribution in [3.05, 3.63) is 47.7 Å². The molecule has 6 heteroatoms. The second-order valence-corrected chi connectivity index (χ2v) is 6.29. The highest BCUT2D eigenvalue weighted by atomic mass is 32.2. The first kappa shape index (κ1) is 14.3. The standard InChI is InChI=1S/C14H17N3O2S/c1-10-6-11(2)8-12(7-10)17-20(18,19)13-4-5-14(15-3)16-9-13/h4-9,17H,1-3H3,(H,15,16). The van der Waals surface area contributed by atoms with Crippen LogP contribution in [-0.4, -0.2) is 20.4 Å². The molecule has 0 aliphatic heterocycles. The zero-order chi connectivity index (χ0) is 14.8. The van der Waals surface area contributed by atoms with E-state index in [9.17, 15) is 8.42 Å². The molecule has 5 nitrogen and oxygen atoms in total. The number of hydrogen-bond acceptors (Lipinski definition) is 4. The van der Waals surface area contributed by atoms with Gasteiger partial charge in [0.1, 0.15) is 10.7 Å². The van der Waals surface area contributed by atoms with Gasteiger partial charge in [0.25, 0.3) is 10.0 Å². The van der Waals surface area contributed by atoms with E-state index in [1.165, 1.54) is 12.3 Å². The number of benzene rings is 1. The van der Waals surface area contributed by atoms with E-state index in [2.05, 4.69) is 15.0 Å². The highest BCUT2D eigenvalue weighted by Crippen LogP contribution is 2.19. The van der Waals surface area contributed by atoms with Gasteiger partial charge < -0.3 is 5.32 Å². The monoisotopic (exact) mass is 291 g/mol. The van der Waals surface area contributed by atoms with Crippen molar-refractivity contribution in [2.24, 2.45) is 0 Å². The number of hydrogen-bond donors (Lipinski definition) is 2. The quantitative estimate of drug-likeness (QED) is 0.908. The molecule has 0 amide bonds. The number of pyridine rings is 1. The molecular weight excluding hydrogens is 274 g/mol. The van der Waals surface area contributed by atoms with Gasteiger partial charge >= 0.3 is 0 Å². The molecule has 0 spiro atoms. The predicted molar refractivity (Wildman–Crippen MR) is 80.5 cm³/mol. The van der Waals surface area contributed by atoms with Crippen LogP contribution in [0.4, 0.5) is 11.5 Å². The molecule has 20 heavy (non-hydrogen) atoms. The minimum absolute atomic E-state index is 0.135. The number of nitrogens with one attached hydrogen (secondary N) is 2. The molecule has 0 unspecified atom stereocenters. The average Bonchev–Trinajstić information content (AvgIpc) is 2.37. The van der Waals surface area contributed by atoms with Gasteiger partial charge in [0, 0.05) is 18.9 Å². The van der Waals surface area contributed by atoms with Crippen LogP contribution in [0.2, 0.25) is 0 Å². The fourth-order valence-corrected chi connectivity index (χ4v) is 2.92. The summed E-state index contributed by atoms with van der Waals surface area (Å²) in [4.78, 5) is 4.14. The van der Waals surface area contributed by atoms with Crippen molar-refractivity contribution < 1.29 is 8.42 Å². The summed E-state index contributed by atoms with van der Waals surface area (Å²) in [5.74, 6) is 0.621. The summed E-state index contributed by atoms with van der Waals surface area (Å²) < 4.78 is 27.1. The van der Waals surface area contributed by atoms with Crippen molar-refractivity contribution >= 4 is 21.5 Å². The van der Waals surface area contributed by atoms with Crippen LogP contribution in [0.15, 0.2) is 41.4 Å². The van der Waals surface area contributed by atoms with Gasteiger partial charge in [-0.05, 0) is 49.2 Å². The van der Waals surface area contributed by atoms with Crippen molar-refractivity contribution in [1.82, 2.24) is 4.98 Å². The summed E-state index contributed by atoms with van der Waals surface area (Å²) in [6.45, 7) is 3.85. The Morgan fingerprint density at radius 2 is 1.70 bits per heavy atom. The third-order valence-corrected chi connectivity index (χ3v) is 4.14. The van der Waals surface area contributed by atoms with E-state index in [4.69, 9.17) is 0 Å². The molecule has 2 aromatic rings. The fourth-order valence-electron chi connectivity index (χ4n) is 1.93. The molecule has 1 aromatic carbocycles. The lowest BCUT2D eigenvalue weighted by Crippen LogP contribution is -2.13. The van der Waals surface area contributed by atoms with Crippen molar-refractivity contribution in [1.29, 1.82) is 0 Å². The van der Waals surface area contributed by atoms with Gasteiger partial charge in [-0.2, -0.15) is 0 Å². The zero-order valence-electron chi connectivity index (χ0n) is 11.6. The minimum atomic E-state index is -3.61. The fraction of sp³-hybridized carbons (Fsp3) is 0.214. The number of anilines is 2. The van der Waals surface area contributed by atoms with E-state index in [0.29, 0.717) is 11.5 Å². The van der Waals surface area contributed by atoms with Gasteiger partial charge in [-0.25, -0.2) is 13.4 Å². The van der Waals surface area contributed by atoms with Crippen LogP contribution in [0.25, 0.3) is 0 Å². The molecule has 0 bridgehead atoms. The Kier molecular flexibility index (Phi) is 3.94. The third-order valence-electron chi connectivity index (χ3n) is 2.78. The molecule has 0 atom stereocenters. The zero-order valence-corrected chi connectivity index (χ0v) is 12.5. The molecule has 0 aliphatic carbocycles. The maximum Gasteiger partial charge on any atom is 0.263 e. The third kappa shape index (κ3) is 3.27. The second kappa shape index (κ2) is 5.50. The summed E-state index contributed by atoms with van der Waals surface area (Å²) in [5, 5.41) is 2.84. The number of aromatic nitrogens is 1. The van der Waals surface area contributed by atoms with Crippen LogP contribution in [0.5, 0.6) is 0 Å². The summed E-state index contributed by atoms with van der Waals surface area (Å²) >= 11 is 0. The smallest absolute Gasteiger partial charge is 0.263 e. The molecule has 0 fully saturated rings. The Morgan fingerprint density at radius 3 is 2.20 bits per heavy atom. The van der Waals surface area contributed by atoms with E-state index in [0.717, 1.165) is 11.1 Å². The lowest BCUT2D eigenvalue weighted by molar-refractivity contribution is 0.601. The Bertz CT molecular complexity index is 689. The maximum absolute atomic E-state index is 12.3. The Labute approximate surface area is 119 Å². The summed E-state index contributed by atoms with van der Waals surface area (Å²) in [6, 6.07) is 8.71. The van der Waals surface area contributed by atoms with Crippen LogP contribution in [-0.2, 0) is 10.0 Å². The second-order valence-electron chi connectivity index (χ2n) is 4.61. The van der Waals surface area contributed by atoms with E-state index in [1.807, 2.05) is 19.9 Å². The molecular formula is C14H17N3O2S. The van der Waals surface area contributed by atoms with Crippen LogP contribution < -0.4 is 10.0 Å². The predicted octanol–water partition coefficient (Wildman–Crippen LogP) is 2.54. The first-order valence-corrected chi connectivity index (χ1v) is 7.64. The molecule has 0 saturated carbocycles. The molecule has 2 N–H and O–H groups in total. The lowest BCUT2D eigenvalue weighted by Gasteiger charge is -2.10. The van der Waals surface area contributed by atoms with Crippen molar-refractivity contribution in [3.8, 4) is 0 Å². The first-order valence-electron chi connectivity index (χ1n) is 6.15. The average molecular weight is 291 g/mol.